The largest absolute Gasteiger partial charge is 0.465 e. The highest BCUT2D eigenvalue weighted by molar-refractivity contribution is 6.29. The lowest BCUT2D eigenvalue weighted by atomic mass is 10.1. The molecular formula is C10H13ClN4O2. The molecule has 1 saturated heterocycles. The van der Waals surface area contributed by atoms with Crippen LogP contribution in [0.3, 0.4) is 0 Å². The van der Waals surface area contributed by atoms with Crippen LogP contribution in [0.15, 0.2) is 12.4 Å². The Morgan fingerprint density at radius 2 is 2.47 bits per heavy atom. The van der Waals surface area contributed by atoms with Crippen LogP contribution in [0.2, 0.25) is 5.15 Å². The topological polar surface area (TPSA) is 78.4 Å². The van der Waals surface area contributed by atoms with Crippen LogP contribution < -0.4 is 10.2 Å². The van der Waals surface area contributed by atoms with E-state index in [1.165, 1.54) is 6.33 Å². The van der Waals surface area contributed by atoms with Crippen molar-refractivity contribution in [2.45, 2.75) is 6.42 Å². The number of amides is 1. The van der Waals surface area contributed by atoms with Gasteiger partial charge in [-0.05, 0) is 12.3 Å². The molecule has 0 saturated carbocycles. The van der Waals surface area contributed by atoms with Crippen molar-refractivity contribution in [3.05, 3.63) is 17.5 Å². The van der Waals surface area contributed by atoms with Gasteiger partial charge in [0.05, 0.1) is 0 Å². The molecule has 1 aromatic rings. The lowest BCUT2D eigenvalue weighted by molar-refractivity contribution is 0.192. The molecule has 1 aliphatic rings. The van der Waals surface area contributed by atoms with E-state index in [1.807, 2.05) is 0 Å². The highest BCUT2D eigenvalue weighted by atomic mass is 35.5. The first-order valence-corrected chi connectivity index (χ1v) is 5.72. The van der Waals surface area contributed by atoms with Crippen molar-refractivity contribution in [2.24, 2.45) is 5.92 Å². The van der Waals surface area contributed by atoms with Crippen molar-refractivity contribution in [2.75, 3.05) is 24.5 Å². The van der Waals surface area contributed by atoms with Crippen molar-refractivity contribution in [3.63, 3.8) is 0 Å². The highest BCUT2D eigenvalue weighted by Crippen LogP contribution is 2.22. The number of nitrogens with one attached hydrogen (secondary N) is 1. The van der Waals surface area contributed by atoms with Crippen molar-refractivity contribution < 1.29 is 9.90 Å². The monoisotopic (exact) mass is 256 g/mol. The molecular weight excluding hydrogens is 244 g/mol. The summed E-state index contributed by atoms with van der Waals surface area (Å²) >= 11 is 5.79. The van der Waals surface area contributed by atoms with E-state index in [-0.39, 0.29) is 0 Å². The lowest BCUT2D eigenvalue weighted by Gasteiger charge is -2.17. The number of hydrogen-bond donors (Lipinski definition) is 2. The van der Waals surface area contributed by atoms with Crippen LogP contribution in [0.1, 0.15) is 6.42 Å². The number of nitrogens with zero attached hydrogens (tertiary/aromatic N) is 3. The van der Waals surface area contributed by atoms with E-state index in [0.29, 0.717) is 17.6 Å². The van der Waals surface area contributed by atoms with E-state index in [2.05, 4.69) is 20.2 Å². The molecule has 0 aliphatic carbocycles. The number of anilines is 1. The molecule has 92 valence electrons. The van der Waals surface area contributed by atoms with Gasteiger partial charge in [0.15, 0.2) is 0 Å². The normalized spacial score (nSPS) is 19.4. The Kier molecular flexibility index (Phi) is 3.63. The molecule has 1 aromatic heterocycles. The summed E-state index contributed by atoms with van der Waals surface area (Å²) in [7, 11) is 0. The van der Waals surface area contributed by atoms with Crippen molar-refractivity contribution in [1.29, 1.82) is 0 Å². The van der Waals surface area contributed by atoms with Crippen LogP contribution >= 0.6 is 11.6 Å². The van der Waals surface area contributed by atoms with Crippen LogP contribution in [-0.2, 0) is 0 Å². The lowest BCUT2D eigenvalue weighted by Crippen LogP contribution is -2.29. The Hall–Kier alpha value is -1.56. The molecule has 2 rings (SSSR count). The first-order chi connectivity index (χ1) is 8.15. The molecule has 1 atom stereocenters. The third-order valence-corrected chi connectivity index (χ3v) is 2.98. The SMILES string of the molecule is O=C(O)NC[C@@H]1CCN(c2cc(Cl)ncn2)C1. The highest BCUT2D eigenvalue weighted by Gasteiger charge is 2.23. The standard InChI is InChI=1S/C10H13ClN4O2/c11-8-3-9(14-6-13-8)15-2-1-7(5-15)4-12-10(16)17/h3,6-7,12H,1-2,4-5H2,(H,16,17)/t7-/m0/s1. The van der Waals surface area contributed by atoms with Gasteiger partial charge in [0.25, 0.3) is 0 Å². The molecule has 0 radical (unpaired) electrons. The summed E-state index contributed by atoms with van der Waals surface area (Å²) in [5, 5.41) is 11.4. The Morgan fingerprint density at radius 1 is 1.65 bits per heavy atom. The summed E-state index contributed by atoms with van der Waals surface area (Å²) in [4.78, 5) is 20.4. The van der Waals surface area contributed by atoms with Gasteiger partial charge in [0.2, 0.25) is 0 Å². The van der Waals surface area contributed by atoms with Gasteiger partial charge in [0.1, 0.15) is 17.3 Å². The van der Waals surface area contributed by atoms with Gasteiger partial charge in [-0.2, -0.15) is 0 Å². The first kappa shape index (κ1) is 11.9. The van der Waals surface area contributed by atoms with Crippen LogP contribution in [0.25, 0.3) is 0 Å². The molecule has 2 N–H and O–H groups in total. The molecule has 1 fully saturated rings. The average molecular weight is 257 g/mol. The summed E-state index contributed by atoms with van der Waals surface area (Å²) in [6.45, 7) is 2.12. The number of halogens is 1. The van der Waals surface area contributed by atoms with Gasteiger partial charge in [-0.25, -0.2) is 14.8 Å². The minimum absolute atomic E-state index is 0.319. The molecule has 17 heavy (non-hydrogen) atoms. The second-order valence-corrected chi connectivity index (χ2v) is 4.37. The number of rotatable bonds is 3. The Balaban J connectivity index is 1.91. The molecule has 2 heterocycles. The summed E-state index contributed by atoms with van der Waals surface area (Å²) < 4.78 is 0. The average Bonchev–Trinajstić information content (AvgIpc) is 2.75. The summed E-state index contributed by atoms with van der Waals surface area (Å²) in [6.07, 6.45) is 1.40. The molecule has 1 aliphatic heterocycles. The number of carbonyl (C=O) groups is 1. The zero-order valence-corrected chi connectivity index (χ0v) is 9.89. The summed E-state index contributed by atoms with van der Waals surface area (Å²) in [5.74, 6) is 1.11. The fourth-order valence-corrected chi connectivity index (χ4v) is 2.08. The minimum Gasteiger partial charge on any atom is -0.465 e. The van der Waals surface area contributed by atoms with E-state index < -0.39 is 6.09 Å². The van der Waals surface area contributed by atoms with Gasteiger partial charge < -0.3 is 15.3 Å². The van der Waals surface area contributed by atoms with Crippen molar-refractivity contribution >= 4 is 23.5 Å². The van der Waals surface area contributed by atoms with Gasteiger partial charge in [-0.15, -0.1) is 0 Å². The Bertz CT molecular complexity index is 415. The van der Waals surface area contributed by atoms with Crippen molar-refractivity contribution in [3.8, 4) is 0 Å². The van der Waals surface area contributed by atoms with Crippen LogP contribution in [-0.4, -0.2) is 40.8 Å². The van der Waals surface area contributed by atoms with Crippen LogP contribution in [0, 0.1) is 5.92 Å². The molecule has 0 unspecified atom stereocenters. The number of aromatic nitrogens is 2. The first-order valence-electron chi connectivity index (χ1n) is 5.34. The molecule has 0 spiro atoms. The van der Waals surface area contributed by atoms with Gasteiger partial charge in [0, 0.05) is 25.7 Å². The maximum absolute atomic E-state index is 10.4. The van der Waals surface area contributed by atoms with E-state index in [1.54, 1.807) is 6.07 Å². The van der Waals surface area contributed by atoms with Crippen LogP contribution in [0.4, 0.5) is 10.6 Å². The molecule has 0 bridgehead atoms. The predicted molar refractivity (Wildman–Crippen MR) is 63.4 cm³/mol. The molecule has 6 nitrogen and oxygen atoms in total. The van der Waals surface area contributed by atoms with Crippen LogP contribution in [0.5, 0.6) is 0 Å². The Labute approximate surface area is 104 Å². The fourth-order valence-electron chi connectivity index (χ4n) is 1.94. The van der Waals surface area contributed by atoms with E-state index in [0.717, 1.165) is 25.3 Å². The van der Waals surface area contributed by atoms with Gasteiger partial charge >= 0.3 is 6.09 Å². The van der Waals surface area contributed by atoms with Gasteiger partial charge in [-0.1, -0.05) is 11.6 Å². The van der Waals surface area contributed by atoms with E-state index in [9.17, 15) is 4.79 Å². The second kappa shape index (κ2) is 5.18. The maximum atomic E-state index is 10.4. The molecule has 1 amide bonds. The molecule has 7 heteroatoms. The summed E-state index contributed by atoms with van der Waals surface area (Å²) in [6, 6.07) is 1.72. The van der Waals surface area contributed by atoms with E-state index >= 15 is 0 Å². The number of hydrogen-bond acceptors (Lipinski definition) is 4. The molecule has 0 aromatic carbocycles. The number of carboxylic acid groups (broad SMARTS) is 1. The minimum atomic E-state index is -0.978. The predicted octanol–water partition coefficient (Wildman–Crippen LogP) is 1.22. The Morgan fingerprint density at radius 3 is 3.18 bits per heavy atom. The maximum Gasteiger partial charge on any atom is 0.404 e. The van der Waals surface area contributed by atoms with Crippen molar-refractivity contribution in [1.82, 2.24) is 15.3 Å². The van der Waals surface area contributed by atoms with E-state index in [4.69, 9.17) is 16.7 Å². The van der Waals surface area contributed by atoms with Gasteiger partial charge in [-0.3, -0.25) is 0 Å². The third kappa shape index (κ3) is 3.20. The fraction of sp³-hybridized carbons (Fsp3) is 0.500. The second-order valence-electron chi connectivity index (χ2n) is 3.99. The smallest absolute Gasteiger partial charge is 0.404 e. The zero-order valence-electron chi connectivity index (χ0n) is 9.14. The zero-order chi connectivity index (χ0) is 12.3. The third-order valence-electron chi connectivity index (χ3n) is 2.77. The summed E-state index contributed by atoms with van der Waals surface area (Å²) in [5.41, 5.74) is 0. The quantitative estimate of drug-likeness (QED) is 0.795.